The molecule has 0 spiro atoms. The molecular formula is C27H23ClN6O3S. The van der Waals surface area contributed by atoms with E-state index in [-0.39, 0.29) is 22.7 Å². The number of carbonyl (C=O) groups is 1. The summed E-state index contributed by atoms with van der Waals surface area (Å²) < 4.78 is 30.2. The van der Waals surface area contributed by atoms with Gasteiger partial charge in [0.1, 0.15) is 0 Å². The number of guanidine groups is 1. The Morgan fingerprint density at radius 1 is 1.11 bits per heavy atom. The van der Waals surface area contributed by atoms with E-state index >= 15 is 0 Å². The third kappa shape index (κ3) is 6.51. The van der Waals surface area contributed by atoms with Gasteiger partial charge >= 0.3 is 0 Å². The van der Waals surface area contributed by atoms with Crippen LogP contribution in [0.5, 0.6) is 0 Å². The molecule has 9 nitrogen and oxygen atoms in total. The number of hydrazone groups is 1. The highest BCUT2D eigenvalue weighted by Gasteiger charge is 2.29. The van der Waals surface area contributed by atoms with E-state index in [9.17, 15) is 13.2 Å². The molecule has 1 heterocycles. The van der Waals surface area contributed by atoms with Gasteiger partial charge in [0.15, 0.2) is 0 Å². The van der Waals surface area contributed by atoms with E-state index in [1.54, 1.807) is 12.1 Å². The third-order valence-electron chi connectivity index (χ3n) is 5.69. The molecule has 0 aromatic heterocycles. The third-order valence-corrected chi connectivity index (χ3v) is 7.22. The first kappa shape index (κ1) is 26.7. The molecular weight excluding hydrogens is 524 g/mol. The number of rotatable bonds is 5. The van der Waals surface area contributed by atoms with Crippen molar-refractivity contribution in [1.82, 2.24) is 10.3 Å². The molecule has 0 bridgehead atoms. The Kier molecular flexibility index (Phi) is 8.31. The maximum absolute atomic E-state index is 13.1. The molecule has 1 amide bonds. The quantitative estimate of drug-likeness (QED) is 0.376. The molecule has 192 valence electrons. The maximum Gasteiger partial charge on any atom is 0.285 e. The van der Waals surface area contributed by atoms with Gasteiger partial charge in [0, 0.05) is 24.4 Å². The lowest BCUT2D eigenvalue weighted by atomic mass is 9.86. The highest BCUT2D eigenvalue weighted by atomic mass is 35.5. The van der Waals surface area contributed by atoms with E-state index in [4.69, 9.17) is 22.0 Å². The van der Waals surface area contributed by atoms with Crippen LogP contribution in [-0.4, -0.2) is 43.9 Å². The zero-order valence-corrected chi connectivity index (χ0v) is 21.9. The summed E-state index contributed by atoms with van der Waals surface area (Å²) in [6.45, 7) is 1.62. The van der Waals surface area contributed by atoms with Crippen molar-refractivity contribution in [1.29, 1.82) is 5.26 Å². The number of sulfonamides is 1. The fourth-order valence-corrected chi connectivity index (χ4v) is 4.92. The number of benzene rings is 3. The van der Waals surface area contributed by atoms with Crippen LogP contribution in [0.3, 0.4) is 0 Å². The second-order valence-electron chi connectivity index (χ2n) is 8.33. The number of nitriles is 1. The summed E-state index contributed by atoms with van der Waals surface area (Å²) >= 11 is 6.11. The van der Waals surface area contributed by atoms with Gasteiger partial charge in [0.25, 0.3) is 16.0 Å². The summed E-state index contributed by atoms with van der Waals surface area (Å²) in [5, 5.41) is 18.2. The molecule has 38 heavy (non-hydrogen) atoms. The molecule has 0 radical (unpaired) electrons. The van der Waals surface area contributed by atoms with Crippen molar-refractivity contribution in [3.8, 4) is 6.07 Å². The van der Waals surface area contributed by atoms with Gasteiger partial charge in [-0.15, -0.1) is 4.40 Å². The van der Waals surface area contributed by atoms with Gasteiger partial charge in [-0.2, -0.15) is 18.8 Å². The lowest BCUT2D eigenvalue weighted by Crippen LogP contribution is -2.36. The fraction of sp³-hybridized carbons (Fsp3) is 0.148. The van der Waals surface area contributed by atoms with E-state index < -0.39 is 10.0 Å². The Morgan fingerprint density at radius 2 is 1.79 bits per heavy atom. The van der Waals surface area contributed by atoms with Gasteiger partial charge in [-0.25, -0.2) is 10.0 Å². The van der Waals surface area contributed by atoms with Crippen LogP contribution in [0.25, 0.3) is 0 Å². The Labute approximate surface area is 225 Å². The summed E-state index contributed by atoms with van der Waals surface area (Å²) in [5.41, 5.74) is 2.88. The molecule has 1 unspecified atom stereocenters. The van der Waals surface area contributed by atoms with E-state index in [0.717, 1.165) is 17.5 Å². The topological polar surface area (TPSA) is 127 Å². The molecule has 0 aliphatic carbocycles. The molecule has 1 atom stereocenters. The van der Waals surface area contributed by atoms with Crippen molar-refractivity contribution in [2.75, 3.05) is 6.54 Å². The van der Waals surface area contributed by atoms with Crippen LogP contribution in [0.2, 0.25) is 5.02 Å². The minimum absolute atomic E-state index is 0.0654. The number of carbonyl (C=O) groups excluding carboxylic acids is 1. The molecule has 4 rings (SSSR count). The number of hydrogen-bond donors (Lipinski definition) is 1. The number of aliphatic imine (C=N–C) groups is 1. The first-order valence-electron chi connectivity index (χ1n) is 11.6. The fourth-order valence-electron chi connectivity index (χ4n) is 3.85. The molecule has 0 saturated carbocycles. The summed E-state index contributed by atoms with van der Waals surface area (Å²) in [4.78, 5) is 15.4. The van der Waals surface area contributed by atoms with E-state index in [2.05, 4.69) is 14.7 Å². The average Bonchev–Trinajstić information content (AvgIpc) is 2.93. The van der Waals surface area contributed by atoms with E-state index in [1.165, 1.54) is 36.2 Å². The first-order valence-corrected chi connectivity index (χ1v) is 13.4. The van der Waals surface area contributed by atoms with E-state index in [0.29, 0.717) is 29.3 Å². The van der Waals surface area contributed by atoms with Crippen molar-refractivity contribution < 1.29 is 13.2 Å². The summed E-state index contributed by atoms with van der Waals surface area (Å²) in [5.74, 6) is -0.665. The normalized spacial score (nSPS) is 16.1. The van der Waals surface area contributed by atoms with Crippen molar-refractivity contribution in [3.05, 3.63) is 101 Å². The first-order chi connectivity index (χ1) is 18.3. The molecule has 0 fully saturated rings. The van der Waals surface area contributed by atoms with Crippen LogP contribution in [0.15, 0.2) is 98.2 Å². The van der Waals surface area contributed by atoms with Crippen LogP contribution >= 0.6 is 11.6 Å². The van der Waals surface area contributed by atoms with Crippen molar-refractivity contribution in [2.45, 2.75) is 24.2 Å². The van der Waals surface area contributed by atoms with Crippen molar-refractivity contribution in [3.63, 3.8) is 0 Å². The monoisotopic (exact) mass is 546 g/mol. The predicted octanol–water partition coefficient (Wildman–Crippen LogP) is 4.31. The van der Waals surface area contributed by atoms with Crippen LogP contribution in [0.1, 0.15) is 36.0 Å². The zero-order valence-electron chi connectivity index (χ0n) is 20.3. The highest BCUT2D eigenvalue weighted by Crippen LogP contribution is 2.30. The molecule has 1 aliphatic heterocycles. The molecule has 3 aromatic carbocycles. The smallest absolute Gasteiger partial charge is 0.285 e. The summed E-state index contributed by atoms with van der Waals surface area (Å²) in [6, 6.07) is 24.5. The molecule has 1 N–H and O–H groups in total. The van der Waals surface area contributed by atoms with Gasteiger partial charge < -0.3 is 5.32 Å². The van der Waals surface area contributed by atoms with Crippen molar-refractivity contribution >= 4 is 45.5 Å². The Bertz CT molecular complexity index is 1550. The maximum atomic E-state index is 13.1. The van der Waals surface area contributed by atoms with Gasteiger partial charge in [0.05, 0.1) is 28.6 Å². The molecule has 1 aliphatic rings. The number of halogens is 1. The van der Waals surface area contributed by atoms with E-state index in [1.807, 2.05) is 48.5 Å². The summed E-state index contributed by atoms with van der Waals surface area (Å²) in [6.07, 6.45) is 1.67. The number of amides is 1. The number of nitrogens with zero attached hydrogens (tertiary/aromatic N) is 5. The van der Waals surface area contributed by atoms with Gasteiger partial charge in [-0.1, -0.05) is 54.1 Å². The van der Waals surface area contributed by atoms with Gasteiger partial charge in [-0.3, -0.25) is 4.79 Å². The largest absolute Gasteiger partial charge is 0.317 e. The Hall–Kier alpha value is -4.33. The Morgan fingerprint density at radius 3 is 2.42 bits per heavy atom. The standard InChI is InChI=1S/C27H23ClN6O3S/c1-19(35)30-18-31-27(33-38(36,37)24-13-7-20(17-29)8-14-24)34-16-15-25(21-5-3-2-4-6-21)26(32-34)22-9-11-23(28)12-10-22/h2-14,18,25H,15-16H2,1H3,(H,30,31,33,35). The van der Waals surface area contributed by atoms with Crippen LogP contribution in [0.4, 0.5) is 0 Å². The Balaban J connectivity index is 1.80. The van der Waals surface area contributed by atoms with Crippen LogP contribution in [0, 0.1) is 11.3 Å². The molecule has 0 saturated heterocycles. The van der Waals surface area contributed by atoms with Crippen molar-refractivity contribution in [2.24, 2.45) is 14.5 Å². The van der Waals surface area contributed by atoms with Gasteiger partial charge in [0.2, 0.25) is 5.91 Å². The number of hydrogen-bond acceptors (Lipinski definition) is 5. The zero-order chi connectivity index (χ0) is 27.1. The molecule has 11 heteroatoms. The average molecular weight is 547 g/mol. The lowest BCUT2D eigenvalue weighted by molar-refractivity contribution is -0.117. The summed E-state index contributed by atoms with van der Waals surface area (Å²) in [7, 11) is -4.21. The predicted molar refractivity (Wildman–Crippen MR) is 147 cm³/mol. The minimum Gasteiger partial charge on any atom is -0.317 e. The SMILES string of the molecule is CC(=O)NC=NC(=NS(=O)(=O)c1ccc(C#N)cc1)N1CCC(c2ccccc2)C(c2ccc(Cl)cc2)=N1. The second-order valence-corrected chi connectivity index (χ2v) is 10.4. The van der Waals surface area contributed by atoms with Gasteiger partial charge in [-0.05, 0) is 53.9 Å². The van der Waals surface area contributed by atoms with Crippen LogP contribution in [-0.2, 0) is 14.8 Å². The highest BCUT2D eigenvalue weighted by molar-refractivity contribution is 7.90. The second kappa shape index (κ2) is 11.8. The number of nitrogens with one attached hydrogen (secondary N) is 1. The van der Waals surface area contributed by atoms with Crippen LogP contribution < -0.4 is 5.32 Å². The lowest BCUT2D eigenvalue weighted by Gasteiger charge is -2.30. The minimum atomic E-state index is -4.21. The molecule has 3 aromatic rings.